The first-order chi connectivity index (χ1) is 13.3. The second kappa shape index (κ2) is 23.7. The molecule has 0 saturated carbocycles. The van der Waals surface area contributed by atoms with Gasteiger partial charge in [-0.2, -0.15) is 0 Å². The molecule has 0 aliphatic rings. The number of hydrogen-bond donors (Lipinski definition) is 0. The molecule has 0 fully saturated rings. The van der Waals surface area contributed by atoms with Crippen LogP contribution in [0.4, 0.5) is 0 Å². The van der Waals surface area contributed by atoms with Crippen LogP contribution in [0.5, 0.6) is 0 Å². The summed E-state index contributed by atoms with van der Waals surface area (Å²) in [6, 6.07) is 0. The van der Waals surface area contributed by atoms with Crippen molar-refractivity contribution in [2.45, 2.75) is 162 Å². The summed E-state index contributed by atoms with van der Waals surface area (Å²) in [5.74, 6) is 0.507. The Morgan fingerprint density at radius 2 is 0.593 bits per heavy atom. The molecule has 0 radical (unpaired) electrons. The third-order valence-corrected chi connectivity index (χ3v) is 5.87. The molecule has 0 aliphatic heterocycles. The minimum Gasteiger partial charge on any atom is -0.300 e. The van der Waals surface area contributed by atoms with E-state index in [1.54, 1.807) is 0 Å². The molecule has 27 heavy (non-hydrogen) atoms. The van der Waals surface area contributed by atoms with E-state index in [2.05, 4.69) is 13.8 Å². The molecule has 0 aliphatic carbocycles. The van der Waals surface area contributed by atoms with Gasteiger partial charge in [0.25, 0.3) is 0 Å². The van der Waals surface area contributed by atoms with E-state index in [0.29, 0.717) is 5.78 Å². The lowest BCUT2D eigenvalue weighted by atomic mass is 10.0. The second-order valence-corrected chi connectivity index (χ2v) is 8.76. The summed E-state index contributed by atoms with van der Waals surface area (Å²) in [7, 11) is 0. The fourth-order valence-electron chi connectivity index (χ4n) is 3.92. The largest absolute Gasteiger partial charge is 0.300 e. The van der Waals surface area contributed by atoms with Crippen LogP contribution in [-0.2, 0) is 4.79 Å². The lowest BCUT2D eigenvalue weighted by Gasteiger charge is -2.04. The zero-order valence-corrected chi connectivity index (χ0v) is 19.2. The third-order valence-electron chi connectivity index (χ3n) is 5.87. The molecular weight excluding hydrogens is 328 g/mol. The van der Waals surface area contributed by atoms with Crippen molar-refractivity contribution in [3.8, 4) is 0 Å². The number of ketones is 1. The first-order valence-corrected chi connectivity index (χ1v) is 12.8. The third kappa shape index (κ3) is 23.6. The average Bonchev–Trinajstić information content (AvgIpc) is 2.67. The van der Waals surface area contributed by atoms with E-state index in [-0.39, 0.29) is 0 Å². The Morgan fingerprint density at radius 1 is 0.370 bits per heavy atom. The number of carbonyl (C=O) groups excluding carboxylic acids is 1. The molecule has 0 N–H and O–H groups in total. The average molecular weight is 381 g/mol. The Balaban J connectivity index is 3.07. The van der Waals surface area contributed by atoms with Gasteiger partial charge in [0, 0.05) is 12.8 Å². The first-order valence-electron chi connectivity index (χ1n) is 12.8. The molecule has 0 aromatic carbocycles. The SMILES string of the molecule is CCCCCCCCCCCCCCCCCCCC(=O)CCCCCC. The predicted octanol–water partition coefficient (Wildman–Crippen LogP) is 9.57. The molecule has 0 amide bonds. The Kier molecular flexibility index (Phi) is 23.4. The number of rotatable bonds is 23. The van der Waals surface area contributed by atoms with Crippen LogP contribution in [-0.4, -0.2) is 5.78 Å². The van der Waals surface area contributed by atoms with Gasteiger partial charge in [-0.1, -0.05) is 136 Å². The molecule has 1 heteroatoms. The van der Waals surface area contributed by atoms with E-state index in [4.69, 9.17) is 0 Å². The van der Waals surface area contributed by atoms with Crippen molar-refractivity contribution in [2.75, 3.05) is 0 Å². The van der Waals surface area contributed by atoms with Crippen LogP contribution in [0.3, 0.4) is 0 Å². The first kappa shape index (κ1) is 26.7. The summed E-state index contributed by atoms with van der Waals surface area (Å²) in [4.78, 5) is 11.8. The van der Waals surface area contributed by atoms with Crippen molar-refractivity contribution in [2.24, 2.45) is 0 Å². The Morgan fingerprint density at radius 3 is 0.889 bits per heavy atom. The van der Waals surface area contributed by atoms with Crippen molar-refractivity contribution in [3.05, 3.63) is 0 Å². The molecule has 0 heterocycles. The van der Waals surface area contributed by atoms with Crippen LogP contribution >= 0.6 is 0 Å². The van der Waals surface area contributed by atoms with Crippen LogP contribution in [0.2, 0.25) is 0 Å². The highest BCUT2D eigenvalue weighted by Crippen LogP contribution is 2.14. The van der Waals surface area contributed by atoms with Crippen molar-refractivity contribution >= 4 is 5.78 Å². The monoisotopic (exact) mass is 380 g/mol. The van der Waals surface area contributed by atoms with E-state index >= 15 is 0 Å². The van der Waals surface area contributed by atoms with Gasteiger partial charge in [-0.15, -0.1) is 0 Å². The van der Waals surface area contributed by atoms with Crippen LogP contribution in [0.25, 0.3) is 0 Å². The Labute approximate surface area is 172 Å². The molecule has 0 atom stereocenters. The lowest BCUT2D eigenvalue weighted by Crippen LogP contribution is -1.97. The van der Waals surface area contributed by atoms with E-state index in [1.807, 2.05) is 0 Å². The molecule has 0 aromatic rings. The van der Waals surface area contributed by atoms with Gasteiger partial charge in [0.2, 0.25) is 0 Å². The Bertz CT molecular complexity index is 284. The van der Waals surface area contributed by atoms with Crippen LogP contribution in [0, 0.1) is 0 Å². The maximum atomic E-state index is 11.8. The van der Waals surface area contributed by atoms with E-state index in [9.17, 15) is 4.79 Å². The summed E-state index contributed by atoms with van der Waals surface area (Å²) in [6.45, 7) is 4.51. The summed E-state index contributed by atoms with van der Waals surface area (Å²) in [5, 5.41) is 0. The van der Waals surface area contributed by atoms with E-state index in [0.717, 1.165) is 25.7 Å². The van der Waals surface area contributed by atoms with Crippen LogP contribution in [0.15, 0.2) is 0 Å². The quantitative estimate of drug-likeness (QED) is 0.161. The van der Waals surface area contributed by atoms with Crippen molar-refractivity contribution in [1.29, 1.82) is 0 Å². The van der Waals surface area contributed by atoms with Crippen molar-refractivity contribution in [1.82, 2.24) is 0 Å². The van der Waals surface area contributed by atoms with Crippen LogP contribution in [0.1, 0.15) is 162 Å². The molecule has 0 bridgehead atoms. The van der Waals surface area contributed by atoms with Gasteiger partial charge in [0.15, 0.2) is 0 Å². The summed E-state index contributed by atoms with van der Waals surface area (Å²) in [6.07, 6.45) is 30.4. The highest BCUT2D eigenvalue weighted by atomic mass is 16.1. The van der Waals surface area contributed by atoms with Gasteiger partial charge in [-0.05, 0) is 12.8 Å². The summed E-state index contributed by atoms with van der Waals surface area (Å²) >= 11 is 0. The van der Waals surface area contributed by atoms with Gasteiger partial charge in [0.1, 0.15) is 5.78 Å². The molecule has 0 aromatic heterocycles. The fraction of sp³-hybridized carbons (Fsp3) is 0.962. The number of carbonyl (C=O) groups is 1. The van der Waals surface area contributed by atoms with Crippen molar-refractivity contribution < 1.29 is 4.79 Å². The maximum Gasteiger partial charge on any atom is 0.132 e. The molecule has 0 rings (SSSR count). The van der Waals surface area contributed by atoms with Gasteiger partial charge < -0.3 is 0 Å². The van der Waals surface area contributed by atoms with Crippen molar-refractivity contribution in [3.63, 3.8) is 0 Å². The normalized spacial score (nSPS) is 11.2. The van der Waals surface area contributed by atoms with E-state index < -0.39 is 0 Å². The molecular formula is C26H52O. The minimum absolute atomic E-state index is 0.507. The van der Waals surface area contributed by atoms with Gasteiger partial charge in [0.05, 0.1) is 0 Å². The second-order valence-electron chi connectivity index (χ2n) is 8.76. The zero-order valence-electron chi connectivity index (χ0n) is 19.2. The summed E-state index contributed by atoms with van der Waals surface area (Å²) in [5.41, 5.74) is 0. The topological polar surface area (TPSA) is 17.1 Å². The highest BCUT2D eigenvalue weighted by Gasteiger charge is 2.01. The lowest BCUT2D eigenvalue weighted by molar-refractivity contribution is -0.119. The predicted molar refractivity (Wildman–Crippen MR) is 123 cm³/mol. The molecule has 0 spiro atoms. The van der Waals surface area contributed by atoms with Gasteiger partial charge in [-0.25, -0.2) is 0 Å². The molecule has 162 valence electrons. The fourth-order valence-corrected chi connectivity index (χ4v) is 3.92. The van der Waals surface area contributed by atoms with Gasteiger partial charge in [-0.3, -0.25) is 4.79 Å². The molecule has 0 saturated heterocycles. The molecule has 0 unspecified atom stereocenters. The number of unbranched alkanes of at least 4 members (excludes halogenated alkanes) is 19. The maximum absolute atomic E-state index is 11.8. The zero-order chi connectivity index (χ0) is 19.8. The van der Waals surface area contributed by atoms with Gasteiger partial charge >= 0.3 is 0 Å². The standard InChI is InChI=1S/C26H52O/c1-3-5-7-9-10-11-12-13-14-15-16-17-18-19-20-21-23-25-26(27)24-22-8-6-4-2/h3-25H2,1-2H3. The van der Waals surface area contributed by atoms with E-state index in [1.165, 1.54) is 122 Å². The Hall–Kier alpha value is -0.330. The van der Waals surface area contributed by atoms with Crippen LogP contribution < -0.4 is 0 Å². The highest BCUT2D eigenvalue weighted by molar-refractivity contribution is 5.78. The summed E-state index contributed by atoms with van der Waals surface area (Å²) < 4.78 is 0. The molecule has 1 nitrogen and oxygen atoms in total. The number of Topliss-reactive ketones (excluding diaryl/α,β-unsaturated/α-hetero) is 1. The minimum atomic E-state index is 0.507. The smallest absolute Gasteiger partial charge is 0.132 e. The number of hydrogen-bond acceptors (Lipinski definition) is 1.